The summed E-state index contributed by atoms with van der Waals surface area (Å²) in [5, 5.41) is 1.32. The van der Waals surface area contributed by atoms with E-state index in [0.717, 1.165) is 17.1 Å². The van der Waals surface area contributed by atoms with E-state index in [9.17, 15) is 16.8 Å². The first-order valence-electron chi connectivity index (χ1n) is 7.89. The molecule has 0 aliphatic heterocycles. The first-order valence-corrected chi connectivity index (χ1v) is 10.8. The van der Waals surface area contributed by atoms with Crippen molar-refractivity contribution >= 4 is 42.3 Å². The molecule has 142 valence electrons. The molecule has 0 amide bonds. The van der Waals surface area contributed by atoms with Crippen molar-refractivity contribution < 1.29 is 21.4 Å². The maximum Gasteiger partial charge on any atom is 0.294 e. The molecule has 3 rings (SSSR count). The van der Waals surface area contributed by atoms with Crippen molar-refractivity contribution in [1.82, 2.24) is 0 Å². The molecule has 3 aromatic carbocycles. The Bertz CT molecular complexity index is 1220. The number of hydrogen-bond acceptors (Lipinski definition) is 5. The standard InChI is InChI=1S/C18H18N2O5S2/c1-20(2)17-10-4-9-16-15(17)8-5-11-18(16)26(21,22)19-13-6-3-7-14(12-13)27(23,24)25/h3-12,19H,1-2H3,(H,23,24,25). The molecule has 0 unspecified atom stereocenters. The maximum absolute atomic E-state index is 12.9. The second-order valence-electron chi connectivity index (χ2n) is 6.13. The van der Waals surface area contributed by atoms with Crippen LogP contribution in [0.1, 0.15) is 0 Å². The average molecular weight is 406 g/mol. The molecule has 7 nitrogen and oxygen atoms in total. The van der Waals surface area contributed by atoms with Crippen molar-refractivity contribution in [2.45, 2.75) is 9.79 Å². The fourth-order valence-corrected chi connectivity index (χ4v) is 4.62. The predicted octanol–water partition coefficient (Wildman–Crippen LogP) is 2.95. The number of rotatable bonds is 5. The van der Waals surface area contributed by atoms with Gasteiger partial charge in [0.1, 0.15) is 0 Å². The van der Waals surface area contributed by atoms with Crippen LogP contribution in [0.25, 0.3) is 10.8 Å². The first kappa shape index (κ1) is 19.2. The SMILES string of the molecule is CN(C)c1cccc2c(S(=O)(=O)Nc3cccc(S(=O)(=O)O)c3)cccc12. The van der Waals surface area contributed by atoms with Gasteiger partial charge in [0.25, 0.3) is 20.1 Å². The predicted molar refractivity (Wildman–Crippen MR) is 105 cm³/mol. The van der Waals surface area contributed by atoms with Crippen LogP contribution in [0.15, 0.2) is 70.5 Å². The summed E-state index contributed by atoms with van der Waals surface area (Å²) in [5.41, 5.74) is 0.906. The van der Waals surface area contributed by atoms with Gasteiger partial charge in [-0.1, -0.05) is 30.3 Å². The van der Waals surface area contributed by atoms with E-state index in [1.54, 1.807) is 18.2 Å². The molecular formula is C18H18N2O5S2. The third-order valence-corrected chi connectivity index (χ3v) is 6.30. The Morgan fingerprint density at radius 2 is 1.48 bits per heavy atom. The second kappa shape index (κ2) is 6.84. The van der Waals surface area contributed by atoms with E-state index in [2.05, 4.69) is 4.72 Å². The molecule has 0 bridgehead atoms. The number of nitrogens with one attached hydrogen (secondary N) is 1. The largest absolute Gasteiger partial charge is 0.377 e. The Labute approximate surface area is 158 Å². The number of anilines is 2. The summed E-state index contributed by atoms with van der Waals surface area (Å²) in [6, 6.07) is 15.3. The Morgan fingerprint density at radius 1 is 0.852 bits per heavy atom. The lowest BCUT2D eigenvalue weighted by molar-refractivity contribution is 0.483. The van der Waals surface area contributed by atoms with E-state index in [0.29, 0.717) is 5.39 Å². The van der Waals surface area contributed by atoms with Crippen LogP contribution in [0.2, 0.25) is 0 Å². The lowest BCUT2D eigenvalue weighted by Crippen LogP contribution is -2.14. The van der Waals surface area contributed by atoms with E-state index in [4.69, 9.17) is 4.55 Å². The summed E-state index contributed by atoms with van der Waals surface area (Å²) in [4.78, 5) is 1.57. The van der Waals surface area contributed by atoms with E-state index in [1.807, 2.05) is 31.1 Å². The lowest BCUT2D eigenvalue weighted by Gasteiger charge is -2.17. The van der Waals surface area contributed by atoms with Gasteiger partial charge in [-0.3, -0.25) is 9.27 Å². The van der Waals surface area contributed by atoms with Crippen LogP contribution in [-0.4, -0.2) is 35.5 Å². The molecule has 0 saturated heterocycles. The molecule has 0 saturated carbocycles. The molecular weight excluding hydrogens is 388 g/mol. The summed E-state index contributed by atoms with van der Waals surface area (Å²) >= 11 is 0. The quantitative estimate of drug-likeness (QED) is 0.632. The topological polar surface area (TPSA) is 104 Å². The number of hydrogen-bond donors (Lipinski definition) is 2. The van der Waals surface area contributed by atoms with Gasteiger partial charge in [-0.25, -0.2) is 8.42 Å². The molecule has 2 N–H and O–H groups in total. The van der Waals surface area contributed by atoms with Gasteiger partial charge in [0.15, 0.2) is 0 Å². The van der Waals surface area contributed by atoms with Crippen LogP contribution in [0.3, 0.4) is 0 Å². The van der Waals surface area contributed by atoms with E-state index < -0.39 is 25.0 Å². The van der Waals surface area contributed by atoms with Crippen LogP contribution >= 0.6 is 0 Å². The van der Waals surface area contributed by atoms with Crippen LogP contribution in [-0.2, 0) is 20.1 Å². The molecule has 9 heteroatoms. The van der Waals surface area contributed by atoms with Crippen LogP contribution < -0.4 is 9.62 Å². The van der Waals surface area contributed by atoms with Gasteiger partial charge < -0.3 is 4.90 Å². The highest BCUT2D eigenvalue weighted by molar-refractivity contribution is 7.93. The van der Waals surface area contributed by atoms with E-state index in [-0.39, 0.29) is 10.6 Å². The number of benzene rings is 3. The highest BCUT2D eigenvalue weighted by atomic mass is 32.2. The van der Waals surface area contributed by atoms with Crippen molar-refractivity contribution in [1.29, 1.82) is 0 Å². The van der Waals surface area contributed by atoms with Gasteiger partial charge in [-0.15, -0.1) is 0 Å². The molecule has 0 spiro atoms. The molecule has 0 radical (unpaired) electrons. The molecule has 0 heterocycles. The van der Waals surface area contributed by atoms with Gasteiger partial charge in [-0.05, 0) is 30.3 Å². The lowest BCUT2D eigenvalue weighted by atomic mass is 10.1. The van der Waals surface area contributed by atoms with Gasteiger partial charge in [0.2, 0.25) is 0 Å². The van der Waals surface area contributed by atoms with Gasteiger partial charge in [0, 0.05) is 30.6 Å². The van der Waals surface area contributed by atoms with Crippen molar-refractivity contribution in [3.63, 3.8) is 0 Å². The number of sulfonamides is 1. The molecule has 0 aromatic heterocycles. The van der Waals surface area contributed by atoms with Gasteiger partial charge in [0.05, 0.1) is 15.5 Å². The van der Waals surface area contributed by atoms with Crippen LogP contribution in [0.5, 0.6) is 0 Å². The van der Waals surface area contributed by atoms with Crippen molar-refractivity contribution in [2.75, 3.05) is 23.7 Å². The Hall–Kier alpha value is -2.62. The highest BCUT2D eigenvalue weighted by Crippen LogP contribution is 2.31. The van der Waals surface area contributed by atoms with Crippen LogP contribution in [0.4, 0.5) is 11.4 Å². The Morgan fingerprint density at radius 3 is 2.15 bits per heavy atom. The van der Waals surface area contributed by atoms with Gasteiger partial charge in [-0.2, -0.15) is 8.42 Å². The summed E-state index contributed by atoms with van der Waals surface area (Å²) in [5.74, 6) is 0. The summed E-state index contributed by atoms with van der Waals surface area (Å²) in [7, 11) is -4.69. The number of nitrogens with zero attached hydrogens (tertiary/aromatic N) is 1. The molecule has 3 aromatic rings. The number of fused-ring (bicyclic) bond motifs is 1. The molecule has 0 fully saturated rings. The maximum atomic E-state index is 12.9. The minimum absolute atomic E-state index is 0.0332. The highest BCUT2D eigenvalue weighted by Gasteiger charge is 2.19. The van der Waals surface area contributed by atoms with E-state index >= 15 is 0 Å². The molecule has 27 heavy (non-hydrogen) atoms. The zero-order chi connectivity index (χ0) is 19.8. The zero-order valence-corrected chi connectivity index (χ0v) is 16.3. The van der Waals surface area contributed by atoms with Crippen LogP contribution in [0, 0.1) is 0 Å². The first-order chi connectivity index (χ1) is 12.6. The normalized spacial score (nSPS) is 12.1. The Balaban J connectivity index is 2.10. The van der Waals surface area contributed by atoms with Crippen molar-refractivity contribution in [3.8, 4) is 0 Å². The summed E-state index contributed by atoms with van der Waals surface area (Å²) in [6.07, 6.45) is 0. The molecule has 0 aliphatic carbocycles. The average Bonchev–Trinajstić information content (AvgIpc) is 2.59. The Kier molecular flexibility index (Phi) is 4.85. The monoisotopic (exact) mass is 406 g/mol. The molecule has 0 aliphatic rings. The van der Waals surface area contributed by atoms with E-state index in [1.165, 1.54) is 24.3 Å². The zero-order valence-electron chi connectivity index (χ0n) is 14.6. The fraction of sp³-hybridized carbons (Fsp3) is 0.111. The molecule has 0 atom stereocenters. The smallest absolute Gasteiger partial charge is 0.294 e. The minimum atomic E-state index is -4.44. The summed E-state index contributed by atoms with van der Waals surface area (Å²) in [6.45, 7) is 0. The summed E-state index contributed by atoms with van der Waals surface area (Å²) < 4.78 is 59.9. The third-order valence-electron chi connectivity index (χ3n) is 4.01. The van der Waals surface area contributed by atoms with Gasteiger partial charge >= 0.3 is 0 Å². The second-order valence-corrected chi connectivity index (χ2v) is 9.20. The van der Waals surface area contributed by atoms with Crippen molar-refractivity contribution in [3.05, 3.63) is 60.7 Å². The minimum Gasteiger partial charge on any atom is -0.377 e. The fourth-order valence-electron chi connectivity index (χ4n) is 2.82. The third kappa shape index (κ3) is 3.90. The van der Waals surface area contributed by atoms with Crippen molar-refractivity contribution in [2.24, 2.45) is 0 Å².